The molecule has 1 rings (SSSR count). The van der Waals surface area contributed by atoms with E-state index in [-0.39, 0.29) is 29.9 Å². The topological polar surface area (TPSA) is 75.4 Å². The van der Waals surface area contributed by atoms with Crippen LogP contribution in [0.15, 0.2) is 30.3 Å². The van der Waals surface area contributed by atoms with E-state index < -0.39 is 0 Å². The summed E-state index contributed by atoms with van der Waals surface area (Å²) >= 11 is 0. The third-order valence-electron chi connectivity index (χ3n) is 3.41. The minimum atomic E-state index is -0.270. The van der Waals surface area contributed by atoms with E-state index in [9.17, 15) is 9.90 Å². The SMILES string of the molecule is CC(C)(C)CC(CN)C(=O)NC(CO)Cc1ccccc1. The standard InChI is InChI=1S/C17H28N2O2/c1-17(2,3)10-14(11-18)16(21)19-15(12-20)9-13-7-5-4-6-8-13/h4-8,14-15,20H,9-12,18H2,1-3H3,(H,19,21). The predicted molar refractivity (Wildman–Crippen MR) is 85.8 cm³/mol. The first-order valence-electron chi connectivity index (χ1n) is 7.51. The van der Waals surface area contributed by atoms with E-state index in [1.54, 1.807) is 0 Å². The van der Waals surface area contributed by atoms with Gasteiger partial charge in [-0.3, -0.25) is 4.79 Å². The van der Waals surface area contributed by atoms with Gasteiger partial charge < -0.3 is 16.2 Å². The van der Waals surface area contributed by atoms with Gasteiger partial charge in [-0.15, -0.1) is 0 Å². The molecule has 4 heteroatoms. The summed E-state index contributed by atoms with van der Waals surface area (Å²) in [7, 11) is 0. The van der Waals surface area contributed by atoms with Gasteiger partial charge in [-0.2, -0.15) is 0 Å². The molecule has 1 aromatic rings. The van der Waals surface area contributed by atoms with Gasteiger partial charge in [-0.25, -0.2) is 0 Å². The first-order valence-corrected chi connectivity index (χ1v) is 7.51. The average molecular weight is 292 g/mol. The van der Waals surface area contributed by atoms with Crippen LogP contribution in [0.3, 0.4) is 0 Å². The van der Waals surface area contributed by atoms with Crippen LogP contribution >= 0.6 is 0 Å². The Morgan fingerprint density at radius 2 is 1.90 bits per heavy atom. The molecule has 4 N–H and O–H groups in total. The second kappa shape index (κ2) is 8.15. The molecule has 2 atom stereocenters. The molecule has 0 bridgehead atoms. The summed E-state index contributed by atoms with van der Waals surface area (Å²) in [6.07, 6.45) is 1.36. The fourth-order valence-corrected chi connectivity index (χ4v) is 2.40. The second-order valence-electron chi connectivity index (χ2n) is 6.78. The number of nitrogens with one attached hydrogen (secondary N) is 1. The number of aliphatic hydroxyl groups excluding tert-OH is 1. The third-order valence-corrected chi connectivity index (χ3v) is 3.41. The molecule has 118 valence electrons. The van der Waals surface area contributed by atoms with E-state index in [1.807, 2.05) is 30.3 Å². The van der Waals surface area contributed by atoms with Crippen LogP contribution in [-0.2, 0) is 11.2 Å². The second-order valence-corrected chi connectivity index (χ2v) is 6.78. The molecular formula is C17H28N2O2. The molecule has 0 aromatic heterocycles. The molecule has 0 spiro atoms. The van der Waals surface area contributed by atoms with Gasteiger partial charge in [0.05, 0.1) is 18.6 Å². The molecule has 21 heavy (non-hydrogen) atoms. The van der Waals surface area contributed by atoms with E-state index in [0.29, 0.717) is 13.0 Å². The summed E-state index contributed by atoms with van der Waals surface area (Å²) in [6.45, 7) is 6.53. The fourth-order valence-electron chi connectivity index (χ4n) is 2.40. The average Bonchev–Trinajstić information content (AvgIpc) is 2.44. The highest BCUT2D eigenvalue weighted by atomic mass is 16.3. The molecule has 0 saturated carbocycles. The number of amides is 1. The van der Waals surface area contributed by atoms with Gasteiger partial charge in [0.15, 0.2) is 0 Å². The number of aliphatic hydroxyl groups is 1. The third kappa shape index (κ3) is 6.74. The molecule has 1 aromatic carbocycles. The van der Waals surface area contributed by atoms with E-state index in [4.69, 9.17) is 5.73 Å². The van der Waals surface area contributed by atoms with Gasteiger partial charge in [0.1, 0.15) is 0 Å². The van der Waals surface area contributed by atoms with Crippen LogP contribution in [0.4, 0.5) is 0 Å². The van der Waals surface area contributed by atoms with Crippen molar-refractivity contribution in [3.05, 3.63) is 35.9 Å². The van der Waals surface area contributed by atoms with Crippen molar-refractivity contribution >= 4 is 5.91 Å². The molecule has 0 radical (unpaired) electrons. The smallest absolute Gasteiger partial charge is 0.224 e. The summed E-state index contributed by atoms with van der Waals surface area (Å²) in [4.78, 5) is 12.3. The van der Waals surface area contributed by atoms with Crippen LogP contribution < -0.4 is 11.1 Å². The van der Waals surface area contributed by atoms with Crippen LogP contribution in [0.2, 0.25) is 0 Å². The number of benzene rings is 1. The highest BCUT2D eigenvalue weighted by molar-refractivity contribution is 5.79. The van der Waals surface area contributed by atoms with Crippen molar-refractivity contribution in [2.45, 2.75) is 39.7 Å². The zero-order valence-corrected chi connectivity index (χ0v) is 13.3. The van der Waals surface area contributed by atoms with Crippen LogP contribution in [0.25, 0.3) is 0 Å². The molecule has 0 aliphatic heterocycles. The van der Waals surface area contributed by atoms with Crippen molar-refractivity contribution in [3.63, 3.8) is 0 Å². The molecular weight excluding hydrogens is 264 g/mol. The number of rotatable bonds is 7. The monoisotopic (exact) mass is 292 g/mol. The van der Waals surface area contributed by atoms with Crippen LogP contribution in [0, 0.1) is 11.3 Å². The molecule has 1 amide bonds. The molecule has 0 aliphatic rings. The Morgan fingerprint density at radius 3 is 2.38 bits per heavy atom. The number of carbonyl (C=O) groups is 1. The lowest BCUT2D eigenvalue weighted by atomic mass is 9.84. The van der Waals surface area contributed by atoms with Crippen molar-refractivity contribution in [1.29, 1.82) is 0 Å². The molecule has 4 nitrogen and oxygen atoms in total. The van der Waals surface area contributed by atoms with Gasteiger partial charge in [-0.05, 0) is 23.8 Å². The predicted octanol–water partition coefficient (Wildman–Crippen LogP) is 1.72. The van der Waals surface area contributed by atoms with Crippen molar-refractivity contribution in [2.24, 2.45) is 17.1 Å². The maximum absolute atomic E-state index is 12.3. The minimum absolute atomic E-state index is 0.0511. The number of carbonyl (C=O) groups excluding carboxylic acids is 1. The van der Waals surface area contributed by atoms with E-state index >= 15 is 0 Å². The van der Waals surface area contributed by atoms with Gasteiger partial charge in [0.25, 0.3) is 0 Å². The quantitative estimate of drug-likeness (QED) is 0.716. The van der Waals surface area contributed by atoms with Crippen LogP contribution in [0.1, 0.15) is 32.8 Å². The maximum Gasteiger partial charge on any atom is 0.224 e. The Balaban J connectivity index is 2.61. The minimum Gasteiger partial charge on any atom is -0.394 e. The first-order chi connectivity index (χ1) is 9.85. The van der Waals surface area contributed by atoms with E-state index in [0.717, 1.165) is 12.0 Å². The van der Waals surface area contributed by atoms with Gasteiger partial charge in [0, 0.05) is 6.54 Å². The number of hydrogen-bond acceptors (Lipinski definition) is 3. The van der Waals surface area contributed by atoms with Crippen LogP contribution in [-0.4, -0.2) is 30.2 Å². The Kier molecular flexibility index (Phi) is 6.85. The van der Waals surface area contributed by atoms with Gasteiger partial charge >= 0.3 is 0 Å². The Labute approximate surface area is 127 Å². The summed E-state index contributed by atoms with van der Waals surface area (Å²) in [5.41, 5.74) is 6.87. The number of nitrogens with two attached hydrogens (primary N) is 1. The van der Waals surface area contributed by atoms with E-state index in [2.05, 4.69) is 26.1 Å². The highest BCUT2D eigenvalue weighted by Gasteiger charge is 2.25. The Bertz CT molecular complexity index is 426. The lowest BCUT2D eigenvalue weighted by Gasteiger charge is -2.26. The zero-order chi connectivity index (χ0) is 15.9. The largest absolute Gasteiger partial charge is 0.394 e. The van der Waals surface area contributed by atoms with E-state index in [1.165, 1.54) is 0 Å². The maximum atomic E-state index is 12.3. The molecule has 0 fully saturated rings. The highest BCUT2D eigenvalue weighted by Crippen LogP contribution is 2.24. The molecule has 0 aliphatic carbocycles. The normalized spacial score (nSPS) is 14.5. The van der Waals surface area contributed by atoms with Crippen molar-refractivity contribution in [2.75, 3.05) is 13.2 Å². The summed E-state index contributed by atoms with van der Waals surface area (Å²) in [6, 6.07) is 9.56. The Hall–Kier alpha value is -1.39. The van der Waals surface area contributed by atoms with Gasteiger partial charge in [-0.1, -0.05) is 51.1 Å². The van der Waals surface area contributed by atoms with Crippen molar-refractivity contribution in [3.8, 4) is 0 Å². The zero-order valence-electron chi connectivity index (χ0n) is 13.3. The lowest BCUT2D eigenvalue weighted by Crippen LogP contribution is -2.45. The summed E-state index contributed by atoms with van der Waals surface area (Å²) in [5, 5.41) is 12.4. The molecule has 2 unspecified atom stereocenters. The fraction of sp³-hybridized carbons (Fsp3) is 0.588. The first kappa shape index (κ1) is 17.7. The van der Waals surface area contributed by atoms with Crippen molar-refractivity contribution < 1.29 is 9.90 Å². The number of hydrogen-bond donors (Lipinski definition) is 3. The van der Waals surface area contributed by atoms with Crippen molar-refractivity contribution in [1.82, 2.24) is 5.32 Å². The van der Waals surface area contributed by atoms with Crippen LogP contribution in [0.5, 0.6) is 0 Å². The molecule has 0 saturated heterocycles. The molecule has 0 heterocycles. The summed E-state index contributed by atoms with van der Waals surface area (Å²) in [5.74, 6) is -0.280. The Morgan fingerprint density at radius 1 is 1.29 bits per heavy atom. The summed E-state index contributed by atoms with van der Waals surface area (Å²) < 4.78 is 0. The van der Waals surface area contributed by atoms with Gasteiger partial charge in [0.2, 0.25) is 5.91 Å². The lowest BCUT2D eigenvalue weighted by molar-refractivity contribution is -0.126.